The Morgan fingerprint density at radius 3 is 2.71 bits per heavy atom. The van der Waals surface area contributed by atoms with Crippen LogP contribution in [-0.4, -0.2) is 73.7 Å². The molecule has 1 heterocycles. The minimum absolute atomic E-state index is 0.142. The van der Waals surface area contributed by atoms with Gasteiger partial charge in [-0.05, 0) is 39.9 Å². The van der Waals surface area contributed by atoms with Crippen molar-refractivity contribution in [2.45, 2.75) is 58.7 Å². The molecule has 2 atom stereocenters. The second-order valence-corrected chi connectivity index (χ2v) is 6.27. The van der Waals surface area contributed by atoms with Gasteiger partial charge in [0, 0.05) is 25.2 Å². The summed E-state index contributed by atoms with van der Waals surface area (Å²) in [6, 6.07) is 0.653. The van der Waals surface area contributed by atoms with Gasteiger partial charge >= 0.3 is 5.97 Å². The zero-order chi connectivity index (χ0) is 15.8. The number of esters is 1. The van der Waals surface area contributed by atoms with Crippen LogP contribution in [0.2, 0.25) is 0 Å². The molecule has 5 heteroatoms. The molecule has 0 spiro atoms. The normalized spacial score (nSPS) is 21.2. The standard InChI is InChI=1S/C16H33N3O2/c1-6-19-10-8-9-14(19)11-18(5)12-15(17-13(3)4)16(20)21-7-2/h13-15,17H,6-12H2,1-5H3. The number of hydrogen-bond donors (Lipinski definition) is 1. The van der Waals surface area contributed by atoms with Gasteiger partial charge in [-0.15, -0.1) is 0 Å². The molecule has 1 saturated heterocycles. The summed E-state index contributed by atoms with van der Waals surface area (Å²) in [5.41, 5.74) is 0. The van der Waals surface area contributed by atoms with E-state index >= 15 is 0 Å². The number of ether oxygens (including phenoxy) is 1. The summed E-state index contributed by atoms with van der Waals surface area (Å²) < 4.78 is 5.18. The lowest BCUT2D eigenvalue weighted by molar-refractivity contribution is -0.146. The molecule has 5 nitrogen and oxygen atoms in total. The predicted octanol–water partition coefficient (Wildman–Crippen LogP) is 1.33. The highest BCUT2D eigenvalue weighted by Gasteiger charge is 2.27. The summed E-state index contributed by atoms with van der Waals surface area (Å²) in [5.74, 6) is -0.142. The lowest BCUT2D eigenvalue weighted by atomic mass is 10.2. The first-order valence-corrected chi connectivity index (χ1v) is 8.33. The molecule has 1 aliphatic heterocycles. The molecule has 1 N–H and O–H groups in total. The zero-order valence-electron chi connectivity index (χ0n) is 14.4. The van der Waals surface area contributed by atoms with Crippen molar-refractivity contribution < 1.29 is 9.53 Å². The Kier molecular flexibility index (Phi) is 8.22. The SMILES string of the molecule is CCOC(=O)C(CN(C)CC1CCCN1CC)NC(C)C. The van der Waals surface area contributed by atoms with Crippen LogP contribution < -0.4 is 5.32 Å². The molecular formula is C16H33N3O2. The van der Waals surface area contributed by atoms with Crippen LogP contribution in [0.3, 0.4) is 0 Å². The first-order valence-electron chi connectivity index (χ1n) is 8.33. The second kappa shape index (κ2) is 9.38. The third-order valence-electron chi connectivity index (χ3n) is 4.03. The Morgan fingerprint density at radius 2 is 2.14 bits per heavy atom. The maximum Gasteiger partial charge on any atom is 0.324 e. The first-order chi connectivity index (χ1) is 9.97. The third-order valence-corrected chi connectivity index (χ3v) is 4.03. The van der Waals surface area contributed by atoms with Crippen LogP contribution in [0.15, 0.2) is 0 Å². The Morgan fingerprint density at radius 1 is 1.43 bits per heavy atom. The number of nitrogens with one attached hydrogen (secondary N) is 1. The van der Waals surface area contributed by atoms with Crippen LogP contribution in [0.4, 0.5) is 0 Å². The minimum Gasteiger partial charge on any atom is -0.465 e. The topological polar surface area (TPSA) is 44.8 Å². The van der Waals surface area contributed by atoms with Crippen LogP contribution >= 0.6 is 0 Å². The minimum atomic E-state index is -0.244. The molecule has 1 fully saturated rings. The quantitative estimate of drug-likeness (QED) is 0.651. The fraction of sp³-hybridized carbons (Fsp3) is 0.938. The van der Waals surface area contributed by atoms with Gasteiger partial charge in [0.25, 0.3) is 0 Å². The summed E-state index contributed by atoms with van der Waals surface area (Å²) in [5, 5.41) is 3.32. The lowest BCUT2D eigenvalue weighted by Crippen LogP contribution is -2.50. The van der Waals surface area contributed by atoms with E-state index in [1.165, 1.54) is 19.4 Å². The molecule has 1 aliphatic rings. The maximum absolute atomic E-state index is 12.1. The van der Waals surface area contributed by atoms with Crippen molar-refractivity contribution in [1.82, 2.24) is 15.1 Å². The smallest absolute Gasteiger partial charge is 0.324 e. The van der Waals surface area contributed by atoms with E-state index in [0.29, 0.717) is 19.2 Å². The van der Waals surface area contributed by atoms with E-state index in [2.05, 4.69) is 42.9 Å². The Bertz CT molecular complexity index is 310. The van der Waals surface area contributed by atoms with E-state index in [1.807, 2.05) is 6.92 Å². The zero-order valence-corrected chi connectivity index (χ0v) is 14.4. The molecule has 21 heavy (non-hydrogen) atoms. The van der Waals surface area contributed by atoms with E-state index in [4.69, 9.17) is 4.74 Å². The van der Waals surface area contributed by atoms with Gasteiger partial charge in [-0.25, -0.2) is 0 Å². The van der Waals surface area contributed by atoms with E-state index in [9.17, 15) is 4.79 Å². The molecule has 124 valence electrons. The molecule has 0 amide bonds. The van der Waals surface area contributed by atoms with Crippen LogP contribution in [0.25, 0.3) is 0 Å². The largest absolute Gasteiger partial charge is 0.465 e. The number of rotatable bonds is 9. The summed E-state index contributed by atoms with van der Waals surface area (Å²) >= 11 is 0. The van der Waals surface area contributed by atoms with Gasteiger partial charge in [-0.1, -0.05) is 20.8 Å². The van der Waals surface area contributed by atoms with Crippen molar-refractivity contribution >= 4 is 5.97 Å². The summed E-state index contributed by atoms with van der Waals surface area (Å²) in [6.45, 7) is 12.7. The maximum atomic E-state index is 12.1. The van der Waals surface area contributed by atoms with Crippen LogP contribution in [0, 0.1) is 0 Å². The van der Waals surface area contributed by atoms with E-state index in [-0.39, 0.29) is 18.1 Å². The second-order valence-electron chi connectivity index (χ2n) is 6.27. The summed E-state index contributed by atoms with van der Waals surface area (Å²) in [6.07, 6.45) is 2.55. The van der Waals surface area contributed by atoms with Crippen molar-refractivity contribution in [2.75, 3.05) is 39.8 Å². The molecule has 2 unspecified atom stereocenters. The molecule has 0 aromatic heterocycles. The van der Waals surface area contributed by atoms with Gasteiger partial charge in [-0.3, -0.25) is 9.69 Å². The number of likely N-dealkylation sites (tertiary alicyclic amines) is 1. The predicted molar refractivity (Wildman–Crippen MR) is 86.5 cm³/mol. The molecule has 0 radical (unpaired) electrons. The van der Waals surface area contributed by atoms with Gasteiger partial charge in [-0.2, -0.15) is 0 Å². The Balaban J connectivity index is 2.50. The van der Waals surface area contributed by atoms with Crippen LogP contribution in [0.5, 0.6) is 0 Å². The summed E-state index contributed by atoms with van der Waals surface area (Å²) in [4.78, 5) is 16.8. The third kappa shape index (κ3) is 6.32. The lowest BCUT2D eigenvalue weighted by Gasteiger charge is -2.30. The van der Waals surface area contributed by atoms with E-state index < -0.39 is 0 Å². The van der Waals surface area contributed by atoms with Crippen molar-refractivity contribution in [3.63, 3.8) is 0 Å². The molecule has 0 aromatic rings. The van der Waals surface area contributed by atoms with Gasteiger partial charge in [0.1, 0.15) is 6.04 Å². The van der Waals surface area contributed by atoms with Gasteiger partial charge in [0.2, 0.25) is 0 Å². The highest BCUT2D eigenvalue weighted by atomic mass is 16.5. The number of nitrogens with zero attached hydrogens (tertiary/aromatic N) is 2. The van der Waals surface area contributed by atoms with Gasteiger partial charge in [0.15, 0.2) is 0 Å². The Hall–Kier alpha value is -0.650. The average Bonchev–Trinajstić information content (AvgIpc) is 2.84. The Labute approximate surface area is 130 Å². The van der Waals surface area contributed by atoms with Gasteiger partial charge in [0.05, 0.1) is 6.61 Å². The molecule has 0 aliphatic carbocycles. The number of likely N-dealkylation sites (N-methyl/N-ethyl adjacent to an activating group) is 2. The molecule has 0 saturated carbocycles. The van der Waals surface area contributed by atoms with Crippen LogP contribution in [-0.2, 0) is 9.53 Å². The average molecular weight is 299 g/mol. The number of carbonyl (C=O) groups is 1. The van der Waals surface area contributed by atoms with Crippen molar-refractivity contribution in [2.24, 2.45) is 0 Å². The van der Waals surface area contributed by atoms with Crippen molar-refractivity contribution in [3.05, 3.63) is 0 Å². The first kappa shape index (κ1) is 18.4. The monoisotopic (exact) mass is 299 g/mol. The summed E-state index contributed by atoms with van der Waals surface area (Å²) in [7, 11) is 2.10. The fourth-order valence-corrected chi connectivity index (χ4v) is 3.10. The highest BCUT2D eigenvalue weighted by molar-refractivity contribution is 5.76. The van der Waals surface area contributed by atoms with E-state index in [1.54, 1.807) is 0 Å². The van der Waals surface area contributed by atoms with E-state index in [0.717, 1.165) is 13.1 Å². The van der Waals surface area contributed by atoms with Crippen molar-refractivity contribution in [3.8, 4) is 0 Å². The van der Waals surface area contributed by atoms with Crippen LogP contribution in [0.1, 0.15) is 40.5 Å². The number of carbonyl (C=O) groups excluding carboxylic acids is 1. The number of hydrogen-bond acceptors (Lipinski definition) is 5. The molecule has 0 aromatic carbocycles. The molecule has 0 bridgehead atoms. The fourth-order valence-electron chi connectivity index (χ4n) is 3.10. The molecule has 1 rings (SSSR count). The van der Waals surface area contributed by atoms with Gasteiger partial charge < -0.3 is 15.0 Å². The highest BCUT2D eigenvalue weighted by Crippen LogP contribution is 2.17. The molecular weight excluding hydrogens is 266 g/mol. The van der Waals surface area contributed by atoms with Crippen molar-refractivity contribution in [1.29, 1.82) is 0 Å².